The third kappa shape index (κ3) is 4.21. The zero-order valence-corrected chi connectivity index (χ0v) is 27.6. The molecule has 0 atom stereocenters. The summed E-state index contributed by atoms with van der Waals surface area (Å²) in [5, 5.41) is 7.22. The van der Waals surface area contributed by atoms with E-state index in [1.807, 2.05) is 45.3 Å². The fraction of sp³-hybridized carbons (Fsp3) is 0. The van der Waals surface area contributed by atoms with Crippen molar-refractivity contribution in [1.82, 2.24) is 9.97 Å². The van der Waals surface area contributed by atoms with Gasteiger partial charge in [0.1, 0.15) is 10.0 Å². The van der Waals surface area contributed by atoms with Crippen molar-refractivity contribution in [2.24, 2.45) is 0 Å². The summed E-state index contributed by atoms with van der Waals surface area (Å²) in [5.74, 6) is 0. The Labute approximate surface area is 275 Å². The lowest BCUT2D eigenvalue weighted by atomic mass is 10.1. The minimum Gasteiger partial charge on any atom is -0.235 e. The van der Waals surface area contributed by atoms with Crippen LogP contribution in [-0.2, 0) is 0 Å². The summed E-state index contributed by atoms with van der Waals surface area (Å²) in [6.45, 7) is 0. The summed E-state index contributed by atoms with van der Waals surface area (Å²) < 4.78 is 5.09. The lowest BCUT2D eigenvalue weighted by Gasteiger charge is -1.97. The van der Waals surface area contributed by atoms with E-state index < -0.39 is 0 Å². The smallest absolute Gasteiger partial charge is 0.134 e. The van der Waals surface area contributed by atoms with Crippen LogP contribution in [0.4, 0.5) is 0 Å². The van der Waals surface area contributed by atoms with Gasteiger partial charge in [-0.15, -0.1) is 68.0 Å². The van der Waals surface area contributed by atoms with Crippen molar-refractivity contribution >= 4 is 119 Å². The first-order valence-electron chi connectivity index (χ1n) is 14.0. The Morgan fingerprint density at radius 3 is 1.25 bits per heavy atom. The van der Waals surface area contributed by atoms with Crippen molar-refractivity contribution in [2.75, 3.05) is 0 Å². The summed E-state index contributed by atoms with van der Waals surface area (Å²) in [5.41, 5.74) is 2.12. The number of thiophene rings is 4. The molecule has 0 N–H and O–H groups in total. The molecular formula is C36H18N2S6. The number of aromatic nitrogens is 2. The van der Waals surface area contributed by atoms with Gasteiger partial charge in [0.05, 0.1) is 30.2 Å². The number of thiazole rings is 2. The van der Waals surface area contributed by atoms with E-state index in [4.69, 9.17) is 9.97 Å². The topological polar surface area (TPSA) is 25.8 Å². The van der Waals surface area contributed by atoms with Crippen LogP contribution in [0, 0.1) is 0 Å². The number of hydrogen-bond acceptors (Lipinski definition) is 8. The van der Waals surface area contributed by atoms with Crippen LogP contribution < -0.4 is 0 Å². The molecule has 2 nitrogen and oxygen atoms in total. The van der Waals surface area contributed by atoms with E-state index in [1.54, 1.807) is 22.7 Å². The van der Waals surface area contributed by atoms with Crippen LogP contribution >= 0.6 is 68.0 Å². The molecule has 4 aromatic carbocycles. The highest BCUT2D eigenvalue weighted by molar-refractivity contribution is 7.30. The molecule has 44 heavy (non-hydrogen) atoms. The second kappa shape index (κ2) is 9.87. The molecule has 0 aliphatic heterocycles. The number of nitrogens with zero attached hydrogens (tertiary/aromatic N) is 2. The second-order valence-corrected chi connectivity index (χ2v) is 17.0. The lowest BCUT2D eigenvalue weighted by molar-refractivity contribution is 1.50. The van der Waals surface area contributed by atoms with Crippen LogP contribution in [0.25, 0.3) is 90.7 Å². The van der Waals surface area contributed by atoms with Crippen LogP contribution in [0.1, 0.15) is 0 Å². The maximum absolute atomic E-state index is 5.09. The van der Waals surface area contributed by atoms with Gasteiger partial charge in [0.25, 0.3) is 0 Å². The zero-order valence-electron chi connectivity index (χ0n) is 22.7. The van der Waals surface area contributed by atoms with E-state index in [2.05, 4.69) is 109 Å². The Morgan fingerprint density at radius 1 is 0.318 bits per heavy atom. The van der Waals surface area contributed by atoms with Crippen LogP contribution in [0.5, 0.6) is 0 Å². The molecule has 10 aromatic rings. The molecular weight excluding hydrogens is 653 g/mol. The summed E-state index contributed by atoms with van der Waals surface area (Å²) in [4.78, 5) is 17.9. The zero-order chi connectivity index (χ0) is 28.8. The molecule has 208 valence electrons. The largest absolute Gasteiger partial charge is 0.235 e. The van der Waals surface area contributed by atoms with Gasteiger partial charge in [-0.1, -0.05) is 36.4 Å². The van der Waals surface area contributed by atoms with Crippen molar-refractivity contribution in [3.8, 4) is 39.3 Å². The number of rotatable bonds is 4. The summed E-state index contributed by atoms with van der Waals surface area (Å²) in [7, 11) is 0. The normalized spacial score (nSPS) is 12.1. The first-order chi connectivity index (χ1) is 21.7. The third-order valence-corrected chi connectivity index (χ3v) is 15.0. The quantitative estimate of drug-likeness (QED) is 0.186. The number of hydrogen-bond donors (Lipinski definition) is 0. The SMILES string of the molecule is c1ccc2sc(-c3ccc(-c4nc5cc6cc7sc(-c8ccc(-c9cc%10ccccc%10s9)s8)nc7cc6cc5s4)s3)cc2c1. The molecule has 0 radical (unpaired) electrons. The average molecular weight is 671 g/mol. The van der Waals surface area contributed by atoms with Gasteiger partial charge >= 0.3 is 0 Å². The van der Waals surface area contributed by atoms with Gasteiger partial charge in [0, 0.05) is 28.9 Å². The molecule has 6 aromatic heterocycles. The maximum atomic E-state index is 5.09. The molecule has 0 unspecified atom stereocenters. The lowest BCUT2D eigenvalue weighted by Crippen LogP contribution is -1.76. The van der Waals surface area contributed by atoms with Crippen molar-refractivity contribution in [2.45, 2.75) is 0 Å². The van der Waals surface area contributed by atoms with Gasteiger partial charge in [-0.25, -0.2) is 9.97 Å². The average Bonchev–Trinajstić information content (AvgIpc) is 3.88. The van der Waals surface area contributed by atoms with Gasteiger partial charge in [-0.2, -0.15) is 0 Å². The predicted octanol–water partition coefficient (Wildman–Crippen LogP) is 13.3. The Hall–Kier alpha value is -3.76. The van der Waals surface area contributed by atoms with Gasteiger partial charge < -0.3 is 0 Å². The molecule has 0 fully saturated rings. The summed E-state index contributed by atoms with van der Waals surface area (Å²) in [6, 6.07) is 39.8. The van der Waals surface area contributed by atoms with Crippen molar-refractivity contribution in [3.05, 3.63) is 109 Å². The Bertz CT molecular complexity index is 2370. The molecule has 0 saturated heterocycles. The van der Waals surface area contributed by atoms with Crippen molar-refractivity contribution in [3.63, 3.8) is 0 Å². The van der Waals surface area contributed by atoms with Crippen LogP contribution in [-0.4, -0.2) is 9.97 Å². The number of fused-ring (bicyclic) bond motifs is 5. The van der Waals surface area contributed by atoms with Gasteiger partial charge in [0.15, 0.2) is 0 Å². The first-order valence-corrected chi connectivity index (χ1v) is 18.9. The Kier molecular flexibility index (Phi) is 5.73. The van der Waals surface area contributed by atoms with Crippen molar-refractivity contribution < 1.29 is 0 Å². The molecule has 6 heterocycles. The fourth-order valence-electron chi connectivity index (χ4n) is 5.68. The van der Waals surface area contributed by atoms with Crippen LogP contribution in [0.15, 0.2) is 109 Å². The molecule has 0 amide bonds. The highest BCUT2D eigenvalue weighted by Gasteiger charge is 2.15. The molecule has 0 spiro atoms. The monoisotopic (exact) mass is 670 g/mol. The number of benzene rings is 4. The summed E-state index contributed by atoms with van der Waals surface area (Å²) in [6.07, 6.45) is 0. The highest BCUT2D eigenvalue weighted by atomic mass is 32.1. The van der Waals surface area contributed by atoms with Crippen LogP contribution in [0.3, 0.4) is 0 Å². The standard InChI is InChI=1S/C36H18N2S6/c1-3-7-25-19(5-1)15-33(39-25)27-9-11-29(41-27)35-37-23-13-21-18-32-24(14-22(21)17-31(23)43-35)38-36(44-32)30-12-10-28(42-30)34-16-20-6-2-4-8-26(20)40-34/h1-18H. The van der Waals surface area contributed by atoms with E-state index in [-0.39, 0.29) is 0 Å². The van der Waals surface area contributed by atoms with E-state index in [9.17, 15) is 0 Å². The van der Waals surface area contributed by atoms with E-state index in [0.29, 0.717) is 0 Å². The summed E-state index contributed by atoms with van der Waals surface area (Å²) >= 11 is 10.9. The van der Waals surface area contributed by atoms with Crippen molar-refractivity contribution in [1.29, 1.82) is 0 Å². The maximum Gasteiger partial charge on any atom is 0.134 e. The minimum absolute atomic E-state index is 1.06. The molecule has 0 aliphatic rings. The minimum atomic E-state index is 1.06. The molecule has 10 rings (SSSR count). The highest BCUT2D eigenvalue weighted by Crippen LogP contribution is 2.44. The molecule has 8 heteroatoms. The first kappa shape index (κ1) is 25.6. The third-order valence-electron chi connectivity index (χ3n) is 7.82. The molecule has 0 saturated carbocycles. The Morgan fingerprint density at radius 2 is 0.773 bits per heavy atom. The fourth-order valence-corrected chi connectivity index (χ4v) is 12.1. The van der Waals surface area contributed by atoms with E-state index >= 15 is 0 Å². The molecule has 0 bridgehead atoms. The van der Waals surface area contributed by atoms with Gasteiger partial charge in [0.2, 0.25) is 0 Å². The molecule has 0 aliphatic carbocycles. The second-order valence-electron chi connectivity index (χ2n) is 10.6. The van der Waals surface area contributed by atoms with Gasteiger partial charge in [-0.05, 0) is 94.3 Å². The van der Waals surface area contributed by atoms with Gasteiger partial charge in [-0.3, -0.25) is 0 Å². The van der Waals surface area contributed by atoms with E-state index in [1.165, 1.54) is 69.6 Å². The predicted molar refractivity (Wildman–Crippen MR) is 199 cm³/mol. The van der Waals surface area contributed by atoms with Crippen LogP contribution in [0.2, 0.25) is 0 Å². The Balaban J connectivity index is 0.980. The van der Waals surface area contributed by atoms with E-state index in [0.717, 1.165) is 21.0 Å².